The lowest BCUT2D eigenvalue weighted by molar-refractivity contribution is 0.414. The summed E-state index contributed by atoms with van der Waals surface area (Å²) in [4.78, 5) is 0. The first-order valence-electron chi connectivity index (χ1n) is 6.46. The Balaban J connectivity index is 1.81. The molecule has 4 heteroatoms. The van der Waals surface area contributed by atoms with Crippen LogP contribution in [0.1, 0.15) is 11.1 Å². The Morgan fingerprint density at radius 2 is 1.75 bits per heavy atom. The van der Waals surface area contributed by atoms with Crippen LogP contribution in [0.15, 0.2) is 42.5 Å². The Morgan fingerprint density at radius 3 is 2.45 bits per heavy atom. The van der Waals surface area contributed by atoms with E-state index in [0.29, 0.717) is 12.1 Å². The molecule has 0 fully saturated rings. The van der Waals surface area contributed by atoms with E-state index < -0.39 is 11.6 Å². The van der Waals surface area contributed by atoms with Gasteiger partial charge in [0.05, 0.1) is 7.11 Å². The highest BCUT2D eigenvalue weighted by molar-refractivity contribution is 5.28. The van der Waals surface area contributed by atoms with E-state index in [0.717, 1.165) is 30.3 Å². The maximum absolute atomic E-state index is 13.0. The molecule has 106 valence electrons. The quantitative estimate of drug-likeness (QED) is 0.818. The molecule has 2 nitrogen and oxygen atoms in total. The van der Waals surface area contributed by atoms with Crippen LogP contribution in [0, 0.1) is 11.6 Å². The molecule has 2 aromatic rings. The zero-order valence-electron chi connectivity index (χ0n) is 11.3. The van der Waals surface area contributed by atoms with Gasteiger partial charge in [-0.2, -0.15) is 0 Å². The van der Waals surface area contributed by atoms with E-state index in [1.54, 1.807) is 7.11 Å². The minimum absolute atomic E-state index is 0.443. The number of benzene rings is 2. The Hall–Kier alpha value is -1.94. The maximum Gasteiger partial charge on any atom is 0.126 e. The fourth-order valence-electron chi connectivity index (χ4n) is 2.01. The van der Waals surface area contributed by atoms with E-state index in [9.17, 15) is 8.78 Å². The number of hydrogen-bond acceptors (Lipinski definition) is 2. The van der Waals surface area contributed by atoms with E-state index in [4.69, 9.17) is 4.74 Å². The molecule has 0 radical (unpaired) electrons. The molecule has 0 spiro atoms. The van der Waals surface area contributed by atoms with Crippen molar-refractivity contribution >= 4 is 0 Å². The van der Waals surface area contributed by atoms with Crippen LogP contribution in [0.4, 0.5) is 8.78 Å². The number of halogens is 2. The molecular formula is C16H17F2NO. The van der Waals surface area contributed by atoms with Gasteiger partial charge in [0.15, 0.2) is 0 Å². The van der Waals surface area contributed by atoms with Gasteiger partial charge < -0.3 is 10.1 Å². The van der Waals surface area contributed by atoms with Gasteiger partial charge >= 0.3 is 0 Å². The molecule has 0 bridgehead atoms. The number of ether oxygens (including phenoxy) is 1. The highest BCUT2D eigenvalue weighted by atomic mass is 19.1. The minimum Gasteiger partial charge on any atom is -0.497 e. The van der Waals surface area contributed by atoms with E-state index >= 15 is 0 Å². The number of nitrogens with one attached hydrogen (secondary N) is 1. The number of hydrogen-bond donors (Lipinski definition) is 1. The average molecular weight is 277 g/mol. The highest BCUT2D eigenvalue weighted by Crippen LogP contribution is 2.12. The van der Waals surface area contributed by atoms with Gasteiger partial charge in [0, 0.05) is 12.6 Å². The van der Waals surface area contributed by atoms with Crippen LogP contribution in [0.3, 0.4) is 0 Å². The van der Waals surface area contributed by atoms with Crippen LogP contribution in [0.2, 0.25) is 0 Å². The zero-order valence-corrected chi connectivity index (χ0v) is 11.3. The topological polar surface area (TPSA) is 21.3 Å². The first kappa shape index (κ1) is 14.5. The lowest BCUT2D eigenvalue weighted by Crippen LogP contribution is -2.16. The summed E-state index contributed by atoms with van der Waals surface area (Å²) in [7, 11) is 1.63. The largest absolute Gasteiger partial charge is 0.497 e. The summed E-state index contributed by atoms with van der Waals surface area (Å²) in [6.45, 7) is 1.17. The van der Waals surface area contributed by atoms with Crippen molar-refractivity contribution in [2.75, 3.05) is 13.7 Å². The molecule has 0 aliphatic carbocycles. The second-order valence-electron chi connectivity index (χ2n) is 4.56. The van der Waals surface area contributed by atoms with Crippen molar-refractivity contribution in [1.29, 1.82) is 0 Å². The summed E-state index contributed by atoms with van der Waals surface area (Å²) >= 11 is 0. The van der Waals surface area contributed by atoms with Crippen molar-refractivity contribution in [3.63, 3.8) is 0 Å². The highest BCUT2D eigenvalue weighted by Gasteiger charge is 2.01. The summed E-state index contributed by atoms with van der Waals surface area (Å²) < 4.78 is 31.2. The van der Waals surface area contributed by atoms with Gasteiger partial charge in [-0.15, -0.1) is 0 Å². The van der Waals surface area contributed by atoms with Crippen LogP contribution in [-0.2, 0) is 13.0 Å². The fraction of sp³-hybridized carbons (Fsp3) is 0.250. The monoisotopic (exact) mass is 277 g/mol. The van der Waals surface area contributed by atoms with Gasteiger partial charge in [0.1, 0.15) is 17.4 Å². The second-order valence-corrected chi connectivity index (χ2v) is 4.56. The first-order valence-corrected chi connectivity index (χ1v) is 6.46. The van der Waals surface area contributed by atoms with Crippen LogP contribution in [0.25, 0.3) is 0 Å². The molecular weight excluding hydrogens is 260 g/mol. The van der Waals surface area contributed by atoms with Crippen LogP contribution < -0.4 is 10.1 Å². The second kappa shape index (κ2) is 7.01. The van der Waals surface area contributed by atoms with Crippen molar-refractivity contribution < 1.29 is 13.5 Å². The lowest BCUT2D eigenvalue weighted by atomic mass is 10.1. The molecule has 2 rings (SSSR count). The Labute approximate surface area is 117 Å². The van der Waals surface area contributed by atoms with Crippen molar-refractivity contribution in [1.82, 2.24) is 5.32 Å². The molecule has 0 unspecified atom stereocenters. The molecule has 0 saturated carbocycles. The van der Waals surface area contributed by atoms with Crippen LogP contribution >= 0.6 is 0 Å². The molecule has 0 atom stereocenters. The molecule has 0 amide bonds. The molecule has 0 aliphatic heterocycles. The van der Waals surface area contributed by atoms with Crippen LogP contribution in [0.5, 0.6) is 5.75 Å². The predicted octanol–water partition coefficient (Wildman–Crippen LogP) is 3.31. The van der Waals surface area contributed by atoms with Gasteiger partial charge in [0.2, 0.25) is 0 Å². The maximum atomic E-state index is 13.0. The third-order valence-electron chi connectivity index (χ3n) is 2.98. The molecule has 1 N–H and O–H groups in total. The zero-order chi connectivity index (χ0) is 14.4. The van der Waals surface area contributed by atoms with E-state index in [1.807, 2.05) is 24.3 Å². The minimum atomic E-state index is -0.547. The molecule has 0 heterocycles. The third kappa shape index (κ3) is 4.31. The predicted molar refractivity (Wildman–Crippen MR) is 74.8 cm³/mol. The van der Waals surface area contributed by atoms with Crippen molar-refractivity contribution in [2.24, 2.45) is 0 Å². The summed E-state index contributed by atoms with van der Waals surface area (Å²) in [5.41, 5.74) is 1.76. The Kier molecular flexibility index (Phi) is 5.07. The van der Waals surface area contributed by atoms with Gasteiger partial charge in [-0.05, 0) is 48.4 Å². The van der Waals surface area contributed by atoms with Gasteiger partial charge in [0.25, 0.3) is 0 Å². The van der Waals surface area contributed by atoms with E-state index in [-0.39, 0.29) is 0 Å². The van der Waals surface area contributed by atoms with Gasteiger partial charge in [-0.1, -0.05) is 12.1 Å². The number of rotatable bonds is 6. The molecule has 0 aromatic heterocycles. The molecule has 20 heavy (non-hydrogen) atoms. The molecule has 0 aliphatic rings. The smallest absolute Gasteiger partial charge is 0.126 e. The Bertz CT molecular complexity index is 552. The number of methoxy groups -OCH3 is 1. The first-order chi connectivity index (χ1) is 9.67. The van der Waals surface area contributed by atoms with E-state index in [2.05, 4.69) is 5.32 Å². The molecule has 2 aromatic carbocycles. The van der Waals surface area contributed by atoms with Crippen molar-refractivity contribution in [3.05, 3.63) is 65.2 Å². The fourth-order valence-corrected chi connectivity index (χ4v) is 2.01. The summed E-state index contributed by atoms with van der Waals surface area (Å²) in [5, 5.41) is 3.17. The Morgan fingerprint density at radius 1 is 1.00 bits per heavy atom. The SMILES string of the molecule is COc1cccc(CCNCc2cc(F)cc(F)c2)c1. The van der Waals surface area contributed by atoms with Crippen molar-refractivity contribution in [3.8, 4) is 5.75 Å². The van der Waals surface area contributed by atoms with Gasteiger partial charge in [-0.3, -0.25) is 0 Å². The van der Waals surface area contributed by atoms with Crippen LogP contribution in [-0.4, -0.2) is 13.7 Å². The summed E-state index contributed by atoms with van der Waals surface area (Å²) in [6.07, 6.45) is 0.828. The molecule has 0 saturated heterocycles. The standard InChI is InChI=1S/C16H17F2NO/c1-20-16-4-2-3-12(9-16)5-6-19-11-13-7-14(17)10-15(18)8-13/h2-4,7-10,19H,5-6,11H2,1H3. The summed E-state index contributed by atoms with van der Waals surface area (Å²) in [6, 6.07) is 11.4. The third-order valence-corrected chi connectivity index (χ3v) is 2.98. The van der Waals surface area contributed by atoms with Crippen molar-refractivity contribution in [2.45, 2.75) is 13.0 Å². The normalized spacial score (nSPS) is 10.6. The van der Waals surface area contributed by atoms with Gasteiger partial charge in [-0.25, -0.2) is 8.78 Å². The van der Waals surface area contributed by atoms with E-state index in [1.165, 1.54) is 12.1 Å². The average Bonchev–Trinajstić information content (AvgIpc) is 2.43. The summed E-state index contributed by atoms with van der Waals surface area (Å²) in [5.74, 6) is -0.265. The lowest BCUT2D eigenvalue weighted by Gasteiger charge is -2.07.